The molecule has 0 aromatic carbocycles. The lowest BCUT2D eigenvalue weighted by Gasteiger charge is -2.29. The largest absolute Gasteiger partial charge is 0.300 e. The van der Waals surface area contributed by atoms with Crippen LogP contribution in [0, 0.1) is 5.92 Å². The molecule has 6 heteroatoms. The first-order valence-corrected chi connectivity index (χ1v) is 6.71. The van der Waals surface area contributed by atoms with E-state index in [9.17, 15) is 4.79 Å². The van der Waals surface area contributed by atoms with Crippen LogP contribution in [0.2, 0.25) is 0 Å². The topological polar surface area (TPSA) is 71.2 Å². The van der Waals surface area contributed by atoms with E-state index in [-0.39, 0.29) is 5.91 Å². The van der Waals surface area contributed by atoms with Crippen molar-refractivity contribution in [2.45, 2.75) is 25.8 Å². The van der Waals surface area contributed by atoms with Gasteiger partial charge < -0.3 is 4.90 Å². The molecule has 2 rings (SSSR count). The van der Waals surface area contributed by atoms with Crippen molar-refractivity contribution >= 4 is 17.2 Å². The van der Waals surface area contributed by atoms with Crippen molar-refractivity contribution in [3.05, 3.63) is 16.1 Å². The van der Waals surface area contributed by atoms with Crippen LogP contribution in [-0.4, -0.2) is 29.4 Å². The van der Waals surface area contributed by atoms with Gasteiger partial charge in [0.05, 0.1) is 5.69 Å². The summed E-state index contributed by atoms with van der Waals surface area (Å²) in [6, 6.07) is 0. The van der Waals surface area contributed by atoms with Gasteiger partial charge in [-0.15, -0.1) is 11.3 Å². The van der Waals surface area contributed by atoms with Gasteiger partial charge in [-0.1, -0.05) is 6.42 Å². The van der Waals surface area contributed by atoms with E-state index in [1.165, 1.54) is 30.6 Å². The highest BCUT2D eigenvalue weighted by Gasteiger charge is 2.19. The number of carbonyl (C=O) groups excluding carboxylic acids is 1. The molecule has 0 aliphatic heterocycles. The van der Waals surface area contributed by atoms with Crippen molar-refractivity contribution in [2.75, 3.05) is 13.6 Å². The van der Waals surface area contributed by atoms with Gasteiger partial charge >= 0.3 is 0 Å². The third-order valence-electron chi connectivity index (χ3n) is 3.10. The van der Waals surface area contributed by atoms with E-state index in [2.05, 4.69) is 22.4 Å². The zero-order valence-electron chi connectivity index (χ0n) is 9.98. The second kappa shape index (κ2) is 5.57. The van der Waals surface area contributed by atoms with Crippen LogP contribution in [-0.2, 0) is 6.54 Å². The first-order chi connectivity index (χ1) is 8.19. The van der Waals surface area contributed by atoms with E-state index < -0.39 is 0 Å². The molecule has 0 radical (unpaired) electrons. The van der Waals surface area contributed by atoms with E-state index in [0.29, 0.717) is 5.01 Å². The van der Waals surface area contributed by atoms with E-state index in [4.69, 9.17) is 5.84 Å². The number of aromatic nitrogens is 1. The number of nitrogens with zero attached hydrogens (tertiary/aromatic N) is 2. The Labute approximate surface area is 105 Å². The maximum absolute atomic E-state index is 11.2. The normalized spacial score (nSPS) is 15.9. The summed E-state index contributed by atoms with van der Waals surface area (Å²) in [6.07, 6.45) is 4.07. The molecular formula is C11H18N4OS. The van der Waals surface area contributed by atoms with Gasteiger partial charge in [0.2, 0.25) is 0 Å². The quantitative estimate of drug-likeness (QED) is 0.467. The smallest absolute Gasteiger partial charge is 0.294 e. The van der Waals surface area contributed by atoms with Crippen LogP contribution in [0.1, 0.15) is 34.8 Å². The number of hydrogen-bond donors (Lipinski definition) is 2. The lowest BCUT2D eigenvalue weighted by molar-refractivity contribution is 0.0953. The molecule has 17 heavy (non-hydrogen) atoms. The molecule has 1 heterocycles. The van der Waals surface area contributed by atoms with E-state index in [0.717, 1.165) is 24.7 Å². The monoisotopic (exact) mass is 254 g/mol. The Morgan fingerprint density at radius 2 is 2.47 bits per heavy atom. The molecule has 0 unspecified atom stereocenters. The fourth-order valence-corrected chi connectivity index (χ4v) is 2.71. The SMILES string of the molecule is CN(Cc1csc(C(=O)NN)n1)CC1CCC1. The maximum atomic E-state index is 11.2. The highest BCUT2D eigenvalue weighted by molar-refractivity contribution is 7.11. The maximum Gasteiger partial charge on any atom is 0.294 e. The Morgan fingerprint density at radius 3 is 3.06 bits per heavy atom. The van der Waals surface area contributed by atoms with Crippen LogP contribution in [0.5, 0.6) is 0 Å². The van der Waals surface area contributed by atoms with Crippen molar-refractivity contribution in [2.24, 2.45) is 11.8 Å². The van der Waals surface area contributed by atoms with Gasteiger partial charge in [0.15, 0.2) is 5.01 Å². The Kier molecular flexibility index (Phi) is 4.09. The predicted octanol–water partition coefficient (Wildman–Crippen LogP) is 0.978. The van der Waals surface area contributed by atoms with Crippen LogP contribution in [0.25, 0.3) is 0 Å². The molecule has 1 saturated carbocycles. The van der Waals surface area contributed by atoms with Gasteiger partial charge in [-0.05, 0) is 25.8 Å². The molecule has 3 N–H and O–H groups in total. The minimum atomic E-state index is -0.317. The highest BCUT2D eigenvalue weighted by atomic mass is 32.1. The molecule has 0 bridgehead atoms. The molecule has 94 valence electrons. The van der Waals surface area contributed by atoms with Crippen LogP contribution < -0.4 is 11.3 Å². The van der Waals surface area contributed by atoms with Crippen LogP contribution in [0.3, 0.4) is 0 Å². The number of thiazole rings is 1. The lowest BCUT2D eigenvalue weighted by Crippen LogP contribution is -2.30. The Morgan fingerprint density at radius 1 is 1.71 bits per heavy atom. The summed E-state index contributed by atoms with van der Waals surface area (Å²) < 4.78 is 0. The summed E-state index contributed by atoms with van der Waals surface area (Å²) in [5, 5.41) is 2.35. The standard InChI is InChI=1S/C11H18N4OS/c1-15(5-8-3-2-4-8)6-9-7-17-11(13-9)10(16)14-12/h7-8H,2-6,12H2,1H3,(H,14,16). The predicted molar refractivity (Wildman–Crippen MR) is 67.4 cm³/mol. The Balaban J connectivity index is 1.85. The number of nitrogen functional groups attached to an aromatic ring is 1. The average molecular weight is 254 g/mol. The summed E-state index contributed by atoms with van der Waals surface area (Å²) in [6.45, 7) is 1.92. The Bertz CT molecular complexity index is 389. The molecule has 1 amide bonds. The number of nitrogens with two attached hydrogens (primary N) is 1. The number of hydrazine groups is 1. The van der Waals surface area contributed by atoms with Gasteiger partial charge in [-0.3, -0.25) is 10.2 Å². The molecule has 0 saturated heterocycles. The fraction of sp³-hybridized carbons (Fsp3) is 0.636. The summed E-state index contributed by atoms with van der Waals surface area (Å²) in [4.78, 5) is 17.8. The number of carbonyl (C=O) groups is 1. The highest BCUT2D eigenvalue weighted by Crippen LogP contribution is 2.27. The lowest BCUT2D eigenvalue weighted by atomic mass is 9.85. The fourth-order valence-electron chi connectivity index (χ4n) is 2.00. The first kappa shape index (κ1) is 12.5. The molecule has 0 spiro atoms. The molecule has 0 atom stereocenters. The third-order valence-corrected chi connectivity index (χ3v) is 3.99. The van der Waals surface area contributed by atoms with Crippen LogP contribution in [0.15, 0.2) is 5.38 Å². The minimum absolute atomic E-state index is 0.317. The average Bonchev–Trinajstić information content (AvgIpc) is 2.71. The summed E-state index contributed by atoms with van der Waals surface area (Å²) in [5.41, 5.74) is 3.03. The molecule has 1 aromatic heterocycles. The van der Waals surface area contributed by atoms with Gasteiger partial charge in [0.25, 0.3) is 5.91 Å². The first-order valence-electron chi connectivity index (χ1n) is 5.83. The molecule has 5 nitrogen and oxygen atoms in total. The van der Waals surface area contributed by atoms with Crippen molar-refractivity contribution in [3.63, 3.8) is 0 Å². The number of hydrogen-bond acceptors (Lipinski definition) is 5. The van der Waals surface area contributed by atoms with Crippen molar-refractivity contribution in [1.82, 2.24) is 15.3 Å². The zero-order valence-corrected chi connectivity index (χ0v) is 10.8. The van der Waals surface area contributed by atoms with E-state index in [1.807, 2.05) is 5.38 Å². The van der Waals surface area contributed by atoms with Crippen molar-refractivity contribution in [3.8, 4) is 0 Å². The van der Waals surface area contributed by atoms with Crippen molar-refractivity contribution < 1.29 is 4.79 Å². The third kappa shape index (κ3) is 3.24. The van der Waals surface area contributed by atoms with Crippen LogP contribution >= 0.6 is 11.3 Å². The van der Waals surface area contributed by atoms with Gasteiger partial charge in [0, 0.05) is 18.5 Å². The molecule has 1 aromatic rings. The summed E-state index contributed by atoms with van der Waals surface area (Å²) in [7, 11) is 2.10. The van der Waals surface area contributed by atoms with Crippen molar-refractivity contribution in [1.29, 1.82) is 0 Å². The second-order valence-electron chi connectivity index (χ2n) is 4.61. The van der Waals surface area contributed by atoms with E-state index in [1.54, 1.807) is 0 Å². The molecule has 1 aliphatic carbocycles. The van der Waals surface area contributed by atoms with Gasteiger partial charge in [-0.25, -0.2) is 10.8 Å². The summed E-state index contributed by atoms with van der Waals surface area (Å²) >= 11 is 1.33. The van der Waals surface area contributed by atoms with Crippen LogP contribution in [0.4, 0.5) is 0 Å². The van der Waals surface area contributed by atoms with Gasteiger partial charge in [0.1, 0.15) is 0 Å². The second-order valence-corrected chi connectivity index (χ2v) is 5.47. The Hall–Kier alpha value is -0.980. The number of amides is 1. The zero-order chi connectivity index (χ0) is 12.3. The molecular weight excluding hydrogens is 236 g/mol. The number of rotatable bonds is 5. The minimum Gasteiger partial charge on any atom is -0.300 e. The van der Waals surface area contributed by atoms with Gasteiger partial charge in [-0.2, -0.15) is 0 Å². The van der Waals surface area contributed by atoms with E-state index >= 15 is 0 Å². The summed E-state index contributed by atoms with van der Waals surface area (Å²) in [5.74, 6) is 5.60. The molecule has 1 fully saturated rings. The number of nitrogens with one attached hydrogen (secondary N) is 1. The molecule has 1 aliphatic rings.